The molecule has 0 aromatic carbocycles. The third-order valence-electron chi connectivity index (χ3n) is 3.28. The number of aliphatic hydroxyl groups excluding tert-OH is 1. The molecule has 0 aromatic heterocycles. The van der Waals surface area contributed by atoms with Gasteiger partial charge in [0.05, 0.1) is 13.2 Å². The Bertz CT molecular complexity index is 455. The van der Waals surface area contributed by atoms with E-state index in [1.165, 1.54) is 38.5 Å². The van der Waals surface area contributed by atoms with Crippen LogP contribution in [-0.4, -0.2) is 47.9 Å². The van der Waals surface area contributed by atoms with Gasteiger partial charge < -0.3 is 19.7 Å². The number of hydrogen-bond donors (Lipinski definition) is 2. The molecule has 0 rings (SSSR count). The highest BCUT2D eigenvalue weighted by atomic mass is 16.5. The molecule has 0 aromatic rings. The summed E-state index contributed by atoms with van der Waals surface area (Å²) in [5, 5.41) is 16.5. The largest absolute Gasteiger partial charge is 0.478 e. The molecule has 2 N–H and O–H groups in total. The van der Waals surface area contributed by atoms with E-state index in [9.17, 15) is 14.4 Å². The van der Waals surface area contributed by atoms with Crippen LogP contribution in [0.2, 0.25) is 0 Å². The topological polar surface area (TPSA) is 110 Å². The summed E-state index contributed by atoms with van der Waals surface area (Å²) in [6, 6.07) is 0. The molecule has 0 fully saturated rings. The molecule has 0 bridgehead atoms. The molecule has 0 aliphatic carbocycles. The van der Waals surface area contributed by atoms with Gasteiger partial charge in [0.15, 0.2) is 0 Å². The molecule has 0 aliphatic heterocycles. The van der Waals surface area contributed by atoms with Crippen LogP contribution < -0.4 is 0 Å². The van der Waals surface area contributed by atoms with E-state index in [0.29, 0.717) is 12.2 Å². The fourth-order valence-electron chi connectivity index (χ4n) is 1.86. The number of aliphatic hydroxyl groups is 1. The highest BCUT2D eigenvalue weighted by Gasteiger charge is 2.00. The van der Waals surface area contributed by atoms with E-state index in [2.05, 4.69) is 18.2 Å². The summed E-state index contributed by atoms with van der Waals surface area (Å²) in [5.74, 6) is -2.18. The van der Waals surface area contributed by atoms with Gasteiger partial charge in [0.25, 0.3) is 0 Å². The molecule has 0 atom stereocenters. The Balaban J connectivity index is 0. The van der Waals surface area contributed by atoms with Gasteiger partial charge >= 0.3 is 17.9 Å². The maximum absolute atomic E-state index is 11.0. The molecular formula is C20H34O7. The number of esters is 2. The van der Waals surface area contributed by atoms with E-state index in [1.807, 2.05) is 0 Å². The Morgan fingerprint density at radius 3 is 1.93 bits per heavy atom. The van der Waals surface area contributed by atoms with Gasteiger partial charge in [-0.25, -0.2) is 14.4 Å². The number of unbranched alkanes of at least 4 members (excludes halogenated alkanes) is 7. The molecule has 0 unspecified atom stereocenters. The number of ether oxygens (including phenoxy) is 2. The molecule has 7 heteroatoms. The SMILES string of the molecule is C=C(C)C(=O)OCCO.CCCCCCCCCCOC(=O)/C=C\C(=O)O. The molecule has 0 heterocycles. The number of hydrogen-bond acceptors (Lipinski definition) is 6. The molecule has 0 saturated carbocycles. The summed E-state index contributed by atoms with van der Waals surface area (Å²) in [5.41, 5.74) is 0.350. The van der Waals surface area contributed by atoms with Gasteiger partial charge in [0.2, 0.25) is 0 Å². The van der Waals surface area contributed by atoms with Crippen molar-refractivity contribution < 1.29 is 34.1 Å². The van der Waals surface area contributed by atoms with Gasteiger partial charge in [-0.2, -0.15) is 0 Å². The number of carboxylic acids is 1. The molecule has 0 amide bonds. The van der Waals surface area contributed by atoms with Crippen molar-refractivity contribution in [2.75, 3.05) is 19.8 Å². The Morgan fingerprint density at radius 1 is 0.889 bits per heavy atom. The van der Waals surface area contributed by atoms with E-state index in [4.69, 9.17) is 14.9 Å². The molecule has 0 aliphatic rings. The highest BCUT2D eigenvalue weighted by Crippen LogP contribution is 2.08. The average Bonchev–Trinajstić information content (AvgIpc) is 2.63. The highest BCUT2D eigenvalue weighted by molar-refractivity contribution is 5.90. The van der Waals surface area contributed by atoms with Crippen LogP contribution in [0.3, 0.4) is 0 Å². The molecule has 156 valence electrons. The first-order valence-electron chi connectivity index (χ1n) is 9.36. The van der Waals surface area contributed by atoms with Gasteiger partial charge in [0.1, 0.15) is 6.61 Å². The van der Waals surface area contributed by atoms with Crippen molar-refractivity contribution in [2.24, 2.45) is 0 Å². The number of carbonyl (C=O) groups excluding carboxylic acids is 2. The lowest BCUT2D eigenvalue weighted by molar-refractivity contribution is -0.140. The van der Waals surface area contributed by atoms with Crippen molar-refractivity contribution >= 4 is 17.9 Å². The van der Waals surface area contributed by atoms with Crippen LogP contribution in [0.1, 0.15) is 65.2 Å². The fourth-order valence-corrected chi connectivity index (χ4v) is 1.86. The zero-order valence-corrected chi connectivity index (χ0v) is 16.6. The number of rotatable bonds is 14. The Kier molecular flexibility index (Phi) is 20.2. The van der Waals surface area contributed by atoms with Gasteiger partial charge in [-0.1, -0.05) is 58.4 Å². The lowest BCUT2D eigenvalue weighted by atomic mass is 10.1. The fraction of sp³-hybridized carbons (Fsp3) is 0.650. The maximum Gasteiger partial charge on any atom is 0.333 e. The predicted octanol–water partition coefficient (Wildman–Crippen LogP) is 3.41. The van der Waals surface area contributed by atoms with Crippen molar-refractivity contribution in [1.82, 2.24) is 0 Å². The summed E-state index contributed by atoms with van der Waals surface area (Å²) < 4.78 is 9.31. The number of carboxylic acid groups (broad SMARTS) is 1. The average molecular weight is 386 g/mol. The molecule has 7 nitrogen and oxygen atoms in total. The molecular weight excluding hydrogens is 352 g/mol. The van der Waals surface area contributed by atoms with Crippen molar-refractivity contribution in [2.45, 2.75) is 65.2 Å². The second-order valence-electron chi connectivity index (χ2n) is 5.95. The van der Waals surface area contributed by atoms with E-state index in [0.717, 1.165) is 25.0 Å². The Morgan fingerprint density at radius 2 is 1.44 bits per heavy atom. The quantitative estimate of drug-likeness (QED) is 0.267. The van der Waals surface area contributed by atoms with Gasteiger partial charge in [-0.3, -0.25) is 0 Å². The third kappa shape index (κ3) is 23.9. The van der Waals surface area contributed by atoms with E-state index in [-0.39, 0.29) is 13.2 Å². The van der Waals surface area contributed by atoms with Crippen LogP contribution in [0.4, 0.5) is 0 Å². The minimum Gasteiger partial charge on any atom is -0.478 e. The second kappa shape index (κ2) is 20.2. The lowest BCUT2D eigenvalue weighted by Crippen LogP contribution is -2.08. The van der Waals surface area contributed by atoms with Crippen LogP contribution in [0, 0.1) is 0 Å². The van der Waals surface area contributed by atoms with Crippen LogP contribution in [0.25, 0.3) is 0 Å². The normalized spacial score (nSPS) is 10.0. The van der Waals surface area contributed by atoms with Crippen LogP contribution >= 0.6 is 0 Å². The standard InChI is InChI=1S/C14H24O4.C6H10O3/c1-2-3-4-5-6-7-8-9-12-18-14(17)11-10-13(15)16;1-5(2)6(8)9-4-3-7/h10-11H,2-9,12H2,1H3,(H,15,16);7H,1,3-4H2,2H3/b11-10-;. The first kappa shape index (κ1) is 27.1. The third-order valence-corrected chi connectivity index (χ3v) is 3.28. The minimum atomic E-state index is -1.14. The smallest absolute Gasteiger partial charge is 0.333 e. The summed E-state index contributed by atoms with van der Waals surface area (Å²) >= 11 is 0. The van der Waals surface area contributed by atoms with Crippen molar-refractivity contribution in [3.05, 3.63) is 24.3 Å². The molecule has 27 heavy (non-hydrogen) atoms. The van der Waals surface area contributed by atoms with E-state index >= 15 is 0 Å². The van der Waals surface area contributed by atoms with E-state index in [1.54, 1.807) is 6.92 Å². The number of carbonyl (C=O) groups is 3. The molecule has 0 spiro atoms. The lowest BCUT2D eigenvalue weighted by Gasteiger charge is -2.02. The monoisotopic (exact) mass is 386 g/mol. The minimum absolute atomic E-state index is 0.0473. The van der Waals surface area contributed by atoms with Crippen LogP contribution in [0.5, 0.6) is 0 Å². The summed E-state index contributed by atoms with van der Waals surface area (Å²) in [4.78, 5) is 31.6. The Labute approximate surface area is 162 Å². The van der Waals surface area contributed by atoms with Gasteiger partial charge in [0, 0.05) is 17.7 Å². The Hall–Kier alpha value is -2.15. The maximum atomic E-state index is 11.0. The summed E-state index contributed by atoms with van der Waals surface area (Å²) in [6.07, 6.45) is 11.2. The summed E-state index contributed by atoms with van der Waals surface area (Å²) in [6.45, 7) is 7.39. The zero-order valence-electron chi connectivity index (χ0n) is 16.6. The van der Waals surface area contributed by atoms with Crippen molar-refractivity contribution in [1.29, 1.82) is 0 Å². The van der Waals surface area contributed by atoms with Crippen LogP contribution in [0.15, 0.2) is 24.3 Å². The first-order chi connectivity index (χ1) is 12.8. The van der Waals surface area contributed by atoms with Crippen molar-refractivity contribution in [3.8, 4) is 0 Å². The first-order valence-corrected chi connectivity index (χ1v) is 9.36. The van der Waals surface area contributed by atoms with Crippen molar-refractivity contribution in [3.63, 3.8) is 0 Å². The zero-order chi connectivity index (χ0) is 20.9. The predicted molar refractivity (Wildman–Crippen MR) is 103 cm³/mol. The van der Waals surface area contributed by atoms with Crippen LogP contribution in [-0.2, 0) is 23.9 Å². The summed E-state index contributed by atoms with van der Waals surface area (Å²) in [7, 11) is 0. The second-order valence-corrected chi connectivity index (χ2v) is 5.95. The van der Waals surface area contributed by atoms with E-state index < -0.39 is 17.9 Å². The number of aliphatic carboxylic acids is 1. The molecule has 0 radical (unpaired) electrons. The van der Waals surface area contributed by atoms with Gasteiger partial charge in [-0.05, 0) is 13.3 Å². The molecule has 0 saturated heterocycles. The van der Waals surface area contributed by atoms with Gasteiger partial charge in [-0.15, -0.1) is 0 Å².